The van der Waals surface area contributed by atoms with Crippen LogP contribution >= 0.6 is 24.0 Å². The highest BCUT2D eigenvalue weighted by atomic mass is 127. The van der Waals surface area contributed by atoms with Crippen molar-refractivity contribution in [3.8, 4) is 0 Å². The van der Waals surface area contributed by atoms with Gasteiger partial charge >= 0.3 is 0 Å². The molecule has 1 aromatic heterocycles. The van der Waals surface area contributed by atoms with Crippen LogP contribution in [-0.4, -0.2) is 46.5 Å². The van der Waals surface area contributed by atoms with E-state index >= 15 is 0 Å². The minimum absolute atomic E-state index is 0. The van der Waals surface area contributed by atoms with Crippen LogP contribution in [0.25, 0.3) is 0 Å². The van der Waals surface area contributed by atoms with Gasteiger partial charge in [-0.1, -0.05) is 19.3 Å². The Morgan fingerprint density at radius 2 is 1.88 bits per heavy atom. The summed E-state index contributed by atoms with van der Waals surface area (Å²) < 4.78 is 7.46. The van der Waals surface area contributed by atoms with Gasteiger partial charge in [0, 0.05) is 32.8 Å². The second-order valence-electron chi connectivity index (χ2n) is 7.30. The van der Waals surface area contributed by atoms with Gasteiger partial charge < -0.3 is 19.9 Å². The highest BCUT2D eigenvalue weighted by Gasteiger charge is 2.17. The summed E-state index contributed by atoms with van der Waals surface area (Å²) in [6.45, 7) is 5.23. The molecule has 0 aromatic carbocycles. The van der Waals surface area contributed by atoms with Gasteiger partial charge in [0.05, 0.1) is 0 Å². The normalized spacial score (nSPS) is 19.8. The molecule has 0 bridgehead atoms. The van der Waals surface area contributed by atoms with Crippen LogP contribution in [0.15, 0.2) is 4.99 Å². The third-order valence-electron chi connectivity index (χ3n) is 5.41. The summed E-state index contributed by atoms with van der Waals surface area (Å²) in [5.41, 5.74) is 0. The molecule has 0 radical (unpaired) electrons. The van der Waals surface area contributed by atoms with Crippen molar-refractivity contribution in [1.82, 2.24) is 25.4 Å². The molecule has 2 heterocycles. The van der Waals surface area contributed by atoms with Crippen molar-refractivity contribution in [1.29, 1.82) is 0 Å². The molecule has 1 saturated carbocycles. The molecule has 8 heteroatoms. The summed E-state index contributed by atoms with van der Waals surface area (Å²) in [6.07, 6.45) is 8.72. The second-order valence-corrected chi connectivity index (χ2v) is 7.30. The molecule has 2 fully saturated rings. The van der Waals surface area contributed by atoms with E-state index < -0.39 is 0 Å². The molecule has 1 aliphatic heterocycles. The molecule has 0 atom stereocenters. The van der Waals surface area contributed by atoms with E-state index in [1.165, 1.54) is 32.1 Å². The number of aromatic nitrogens is 3. The number of hydrogen-bond donors (Lipinski definition) is 2. The molecule has 2 aliphatic rings. The minimum Gasteiger partial charge on any atom is -0.381 e. The van der Waals surface area contributed by atoms with E-state index in [0.29, 0.717) is 18.5 Å². The van der Waals surface area contributed by atoms with Crippen molar-refractivity contribution in [2.24, 2.45) is 18.0 Å². The number of nitrogens with zero attached hydrogens (tertiary/aromatic N) is 4. The highest BCUT2D eigenvalue weighted by Crippen LogP contribution is 2.17. The fourth-order valence-electron chi connectivity index (χ4n) is 3.52. The molecule has 26 heavy (non-hydrogen) atoms. The quantitative estimate of drug-likeness (QED) is 0.388. The Morgan fingerprint density at radius 3 is 2.54 bits per heavy atom. The van der Waals surface area contributed by atoms with E-state index in [9.17, 15) is 0 Å². The predicted molar refractivity (Wildman–Crippen MR) is 114 cm³/mol. The van der Waals surface area contributed by atoms with Crippen LogP contribution in [0.5, 0.6) is 0 Å². The molecule has 148 valence electrons. The first-order valence-corrected chi connectivity index (χ1v) is 9.70. The van der Waals surface area contributed by atoms with Gasteiger partial charge in [0.1, 0.15) is 12.4 Å². The molecule has 2 N–H and O–H groups in total. The van der Waals surface area contributed by atoms with Gasteiger partial charge in [-0.05, 0) is 38.5 Å². The molecule has 1 aliphatic carbocycles. The van der Waals surface area contributed by atoms with E-state index in [-0.39, 0.29) is 24.0 Å². The molecular weight excluding hydrogens is 443 g/mol. The number of nitrogens with one attached hydrogen (secondary N) is 2. The molecule has 3 rings (SSSR count). The lowest BCUT2D eigenvalue weighted by Gasteiger charge is -2.27. The summed E-state index contributed by atoms with van der Waals surface area (Å²) in [5, 5.41) is 15.5. The average Bonchev–Trinajstić information content (AvgIpc) is 2.97. The summed E-state index contributed by atoms with van der Waals surface area (Å²) >= 11 is 0. The molecule has 0 amide bonds. The van der Waals surface area contributed by atoms with Gasteiger partial charge in [-0.3, -0.25) is 0 Å². The van der Waals surface area contributed by atoms with Gasteiger partial charge in [-0.25, -0.2) is 4.99 Å². The van der Waals surface area contributed by atoms with Crippen LogP contribution in [-0.2, 0) is 18.3 Å². The van der Waals surface area contributed by atoms with Crippen molar-refractivity contribution < 1.29 is 4.74 Å². The lowest BCUT2D eigenvalue weighted by Crippen LogP contribution is -2.46. The Bertz CT molecular complexity index is 564. The maximum Gasteiger partial charge on any atom is 0.191 e. The van der Waals surface area contributed by atoms with E-state index in [4.69, 9.17) is 9.73 Å². The highest BCUT2D eigenvalue weighted by molar-refractivity contribution is 14.0. The Hall–Kier alpha value is -0.900. The smallest absolute Gasteiger partial charge is 0.191 e. The van der Waals surface area contributed by atoms with E-state index in [1.54, 1.807) is 0 Å². The van der Waals surface area contributed by atoms with Crippen LogP contribution in [0.3, 0.4) is 0 Å². The Morgan fingerprint density at radius 1 is 1.15 bits per heavy atom. The summed E-state index contributed by atoms with van der Waals surface area (Å²) in [6, 6.07) is 0.538. The van der Waals surface area contributed by atoms with E-state index in [2.05, 4.69) is 20.8 Å². The monoisotopic (exact) mass is 476 g/mol. The number of ether oxygens (including phenoxy) is 1. The molecule has 0 unspecified atom stereocenters. The molecule has 0 spiro atoms. The average molecular weight is 476 g/mol. The van der Waals surface area contributed by atoms with E-state index in [1.807, 2.05) is 18.5 Å². The Balaban J connectivity index is 0.00000243. The third-order valence-corrected chi connectivity index (χ3v) is 5.41. The maximum atomic E-state index is 5.46. The van der Waals surface area contributed by atoms with Crippen LogP contribution < -0.4 is 10.6 Å². The zero-order valence-corrected chi connectivity index (χ0v) is 18.4. The molecule has 1 aromatic rings. The molecular formula is C18H33IN6O. The van der Waals surface area contributed by atoms with Crippen molar-refractivity contribution in [2.45, 2.75) is 64.5 Å². The fourth-order valence-corrected chi connectivity index (χ4v) is 3.52. The first-order valence-electron chi connectivity index (χ1n) is 9.70. The standard InChI is InChI=1S/C18H32N6O.HI/c1-14-22-23-17(24(14)2)13-20-18(21-16-6-4-3-5-7-16)19-12-15-8-10-25-11-9-15;/h15-16H,3-13H2,1-2H3,(H2,19,20,21);1H. The second kappa shape index (κ2) is 11.1. The number of aliphatic imine (C=N–C) groups is 1. The van der Waals surface area contributed by atoms with Crippen molar-refractivity contribution in [3.63, 3.8) is 0 Å². The largest absolute Gasteiger partial charge is 0.381 e. The first kappa shape index (κ1) is 21.4. The van der Waals surface area contributed by atoms with Gasteiger partial charge in [-0.2, -0.15) is 0 Å². The summed E-state index contributed by atoms with van der Waals surface area (Å²) in [5.74, 6) is 3.40. The van der Waals surface area contributed by atoms with Crippen molar-refractivity contribution >= 4 is 29.9 Å². The zero-order chi connectivity index (χ0) is 17.5. The first-order chi connectivity index (χ1) is 12.2. The van der Waals surface area contributed by atoms with Crippen molar-refractivity contribution in [3.05, 3.63) is 11.6 Å². The van der Waals surface area contributed by atoms with Crippen LogP contribution in [0.2, 0.25) is 0 Å². The SMILES string of the molecule is Cc1nnc(CN=C(NCC2CCOCC2)NC2CCCCC2)n1C.I. The van der Waals surface area contributed by atoms with Crippen LogP contribution in [0.1, 0.15) is 56.6 Å². The van der Waals surface area contributed by atoms with Crippen LogP contribution in [0.4, 0.5) is 0 Å². The number of hydrogen-bond acceptors (Lipinski definition) is 4. The summed E-state index contributed by atoms with van der Waals surface area (Å²) in [7, 11) is 1.99. The van der Waals surface area contributed by atoms with Gasteiger partial charge in [0.2, 0.25) is 0 Å². The lowest BCUT2D eigenvalue weighted by atomic mass is 9.96. The van der Waals surface area contributed by atoms with Crippen molar-refractivity contribution in [2.75, 3.05) is 19.8 Å². The number of guanidine groups is 1. The zero-order valence-electron chi connectivity index (χ0n) is 16.0. The topological polar surface area (TPSA) is 76.4 Å². The van der Waals surface area contributed by atoms with Gasteiger partial charge in [0.25, 0.3) is 0 Å². The van der Waals surface area contributed by atoms with Crippen LogP contribution in [0, 0.1) is 12.8 Å². The lowest BCUT2D eigenvalue weighted by molar-refractivity contribution is 0.0675. The number of aryl methyl sites for hydroxylation is 1. The Kier molecular flexibility index (Phi) is 9.10. The third kappa shape index (κ3) is 6.37. The minimum atomic E-state index is 0. The molecule has 7 nitrogen and oxygen atoms in total. The number of halogens is 1. The van der Waals surface area contributed by atoms with E-state index in [0.717, 1.165) is 50.2 Å². The van der Waals surface area contributed by atoms with Gasteiger partial charge in [-0.15, -0.1) is 34.2 Å². The maximum absolute atomic E-state index is 5.46. The summed E-state index contributed by atoms with van der Waals surface area (Å²) in [4.78, 5) is 4.79. The fraction of sp³-hybridized carbons (Fsp3) is 0.833. The van der Waals surface area contributed by atoms with Gasteiger partial charge in [0.15, 0.2) is 11.8 Å². The predicted octanol–water partition coefficient (Wildman–Crippen LogP) is 2.54. The number of rotatable bonds is 5. The molecule has 1 saturated heterocycles. The Labute approximate surface area is 173 Å².